The molecule has 2 aromatic heterocycles. The van der Waals surface area contributed by atoms with E-state index in [-0.39, 0.29) is 0 Å². The summed E-state index contributed by atoms with van der Waals surface area (Å²) in [5.41, 5.74) is 6.40. The lowest BCUT2D eigenvalue weighted by molar-refractivity contribution is 1.04. The number of nitrogen functional groups attached to an aromatic ring is 1. The highest BCUT2D eigenvalue weighted by molar-refractivity contribution is 7.13. The lowest BCUT2D eigenvalue weighted by atomic mass is 10.5. The highest BCUT2D eigenvalue weighted by atomic mass is 32.1. The molecule has 14 heavy (non-hydrogen) atoms. The number of hydrogen-bond donors (Lipinski definition) is 2. The predicted octanol–water partition coefficient (Wildman–Crippen LogP) is 1.57. The van der Waals surface area contributed by atoms with Crippen molar-refractivity contribution in [2.75, 3.05) is 11.1 Å². The molecule has 0 aliphatic heterocycles. The van der Waals surface area contributed by atoms with Crippen LogP contribution in [0.2, 0.25) is 0 Å². The average molecular weight is 207 g/mol. The smallest absolute Gasteiger partial charge is 0.188 e. The molecular formula is C8H9N5S. The van der Waals surface area contributed by atoms with Gasteiger partial charge in [0.25, 0.3) is 0 Å². The Kier molecular flexibility index (Phi) is 2.28. The maximum absolute atomic E-state index is 5.41. The number of anilines is 3. The first-order valence-corrected chi connectivity index (χ1v) is 4.90. The van der Waals surface area contributed by atoms with Gasteiger partial charge in [0.2, 0.25) is 0 Å². The second-order valence-electron chi connectivity index (χ2n) is 2.76. The van der Waals surface area contributed by atoms with Crippen LogP contribution in [0, 0.1) is 6.92 Å². The van der Waals surface area contributed by atoms with Crippen LogP contribution < -0.4 is 11.1 Å². The summed E-state index contributed by atoms with van der Waals surface area (Å²) in [6.07, 6.45) is 0. The molecule has 0 aliphatic carbocycles. The van der Waals surface area contributed by atoms with Gasteiger partial charge in [-0.2, -0.15) is 0 Å². The molecule has 0 unspecified atom stereocenters. The Bertz CT molecular complexity index is 422. The molecule has 2 heterocycles. The van der Waals surface area contributed by atoms with Gasteiger partial charge in [0.1, 0.15) is 5.82 Å². The van der Waals surface area contributed by atoms with Crippen molar-refractivity contribution in [1.29, 1.82) is 0 Å². The second kappa shape index (κ2) is 3.59. The van der Waals surface area contributed by atoms with Crippen molar-refractivity contribution in [2.24, 2.45) is 0 Å². The van der Waals surface area contributed by atoms with Crippen molar-refractivity contribution < 1.29 is 0 Å². The summed E-state index contributed by atoms with van der Waals surface area (Å²) < 4.78 is 0. The molecule has 0 saturated carbocycles. The Morgan fingerprint density at radius 3 is 2.79 bits per heavy atom. The van der Waals surface area contributed by atoms with E-state index < -0.39 is 0 Å². The molecule has 0 aliphatic rings. The van der Waals surface area contributed by atoms with Crippen molar-refractivity contribution in [3.63, 3.8) is 0 Å². The van der Waals surface area contributed by atoms with E-state index in [4.69, 9.17) is 5.73 Å². The van der Waals surface area contributed by atoms with Gasteiger partial charge in [-0.15, -0.1) is 21.5 Å². The Labute approximate surface area is 85.0 Å². The summed E-state index contributed by atoms with van der Waals surface area (Å²) in [5.74, 6) is 1.06. The van der Waals surface area contributed by atoms with E-state index in [1.165, 1.54) is 11.3 Å². The highest BCUT2D eigenvalue weighted by Gasteiger charge is 1.99. The molecule has 0 spiro atoms. The van der Waals surface area contributed by atoms with Gasteiger partial charge in [-0.25, -0.2) is 4.98 Å². The number of aryl methyl sites for hydroxylation is 1. The van der Waals surface area contributed by atoms with Crippen LogP contribution in [0.5, 0.6) is 0 Å². The maximum Gasteiger partial charge on any atom is 0.188 e. The zero-order valence-electron chi connectivity index (χ0n) is 7.56. The summed E-state index contributed by atoms with van der Waals surface area (Å²) >= 11 is 1.53. The molecule has 2 aromatic rings. The topological polar surface area (TPSA) is 76.7 Å². The molecule has 5 nitrogen and oxygen atoms in total. The minimum absolute atomic E-state index is 0.408. The highest BCUT2D eigenvalue weighted by Crippen LogP contribution is 2.18. The quantitative estimate of drug-likeness (QED) is 0.781. The van der Waals surface area contributed by atoms with E-state index in [2.05, 4.69) is 20.5 Å². The van der Waals surface area contributed by atoms with Crippen LogP contribution >= 0.6 is 11.3 Å². The van der Waals surface area contributed by atoms with Crippen LogP contribution in [-0.2, 0) is 0 Å². The van der Waals surface area contributed by atoms with Crippen LogP contribution in [0.4, 0.5) is 16.8 Å². The third-order valence-electron chi connectivity index (χ3n) is 1.54. The fourth-order valence-electron chi connectivity index (χ4n) is 0.930. The molecule has 2 rings (SSSR count). The summed E-state index contributed by atoms with van der Waals surface area (Å²) in [6, 6.07) is 3.45. The van der Waals surface area contributed by atoms with Crippen molar-refractivity contribution >= 4 is 28.1 Å². The largest absolute Gasteiger partial charge is 0.382 e. The number of hydrogen-bond acceptors (Lipinski definition) is 6. The van der Waals surface area contributed by atoms with Crippen LogP contribution in [0.15, 0.2) is 17.5 Å². The standard InChI is InChI=1S/C8H9N5S/c1-5-4-14-8(10-5)11-7-3-2-6(9)12-13-7/h2-4H,1H3,(H2,9,12)(H,10,11,13). The number of aromatic nitrogens is 3. The molecule has 0 fully saturated rings. The van der Waals surface area contributed by atoms with Crippen molar-refractivity contribution in [2.45, 2.75) is 6.92 Å². The molecular weight excluding hydrogens is 198 g/mol. The van der Waals surface area contributed by atoms with E-state index in [0.29, 0.717) is 11.6 Å². The Morgan fingerprint density at radius 2 is 2.21 bits per heavy atom. The fraction of sp³-hybridized carbons (Fsp3) is 0.125. The Morgan fingerprint density at radius 1 is 1.36 bits per heavy atom. The Hall–Kier alpha value is -1.69. The third kappa shape index (κ3) is 1.97. The lowest BCUT2D eigenvalue weighted by Crippen LogP contribution is -1.97. The SMILES string of the molecule is Cc1csc(Nc2ccc(N)nn2)n1. The van der Waals surface area contributed by atoms with Gasteiger partial charge in [-0.1, -0.05) is 0 Å². The average Bonchev–Trinajstić information content (AvgIpc) is 2.56. The third-order valence-corrected chi connectivity index (χ3v) is 2.41. The van der Waals surface area contributed by atoms with Crippen molar-refractivity contribution in [3.8, 4) is 0 Å². The number of nitrogens with zero attached hydrogens (tertiary/aromatic N) is 3. The number of nitrogens with two attached hydrogens (primary N) is 1. The predicted molar refractivity (Wildman–Crippen MR) is 56.6 cm³/mol. The molecule has 6 heteroatoms. The minimum atomic E-state index is 0.408. The van der Waals surface area contributed by atoms with Gasteiger partial charge in [0.05, 0.1) is 5.69 Å². The number of nitrogens with one attached hydrogen (secondary N) is 1. The van der Waals surface area contributed by atoms with E-state index in [1.807, 2.05) is 12.3 Å². The zero-order chi connectivity index (χ0) is 9.97. The fourth-order valence-corrected chi connectivity index (χ4v) is 1.63. The van der Waals surface area contributed by atoms with Crippen LogP contribution in [0.25, 0.3) is 0 Å². The molecule has 0 aromatic carbocycles. The second-order valence-corrected chi connectivity index (χ2v) is 3.62. The molecule has 72 valence electrons. The first-order valence-electron chi connectivity index (χ1n) is 4.02. The van der Waals surface area contributed by atoms with Gasteiger partial charge < -0.3 is 11.1 Å². The van der Waals surface area contributed by atoms with Crippen LogP contribution in [-0.4, -0.2) is 15.2 Å². The molecule has 0 saturated heterocycles. The van der Waals surface area contributed by atoms with Gasteiger partial charge in [-0.3, -0.25) is 0 Å². The van der Waals surface area contributed by atoms with Gasteiger partial charge >= 0.3 is 0 Å². The Balaban J connectivity index is 2.15. The first kappa shape index (κ1) is 8.89. The lowest BCUT2D eigenvalue weighted by Gasteiger charge is -1.99. The van der Waals surface area contributed by atoms with Crippen LogP contribution in [0.1, 0.15) is 5.69 Å². The molecule has 0 atom stereocenters. The van der Waals surface area contributed by atoms with E-state index >= 15 is 0 Å². The van der Waals surface area contributed by atoms with E-state index in [9.17, 15) is 0 Å². The van der Waals surface area contributed by atoms with Gasteiger partial charge in [-0.05, 0) is 19.1 Å². The van der Waals surface area contributed by atoms with Gasteiger partial charge in [0.15, 0.2) is 10.9 Å². The summed E-state index contributed by atoms with van der Waals surface area (Å²) in [5, 5.41) is 13.4. The first-order chi connectivity index (χ1) is 6.74. The van der Waals surface area contributed by atoms with Crippen molar-refractivity contribution in [1.82, 2.24) is 15.2 Å². The molecule has 3 N–H and O–H groups in total. The minimum Gasteiger partial charge on any atom is -0.382 e. The number of thiazole rings is 1. The van der Waals surface area contributed by atoms with E-state index in [1.54, 1.807) is 12.1 Å². The molecule has 0 radical (unpaired) electrons. The normalized spacial score (nSPS) is 10.1. The van der Waals surface area contributed by atoms with Gasteiger partial charge in [0, 0.05) is 5.38 Å². The van der Waals surface area contributed by atoms with E-state index in [0.717, 1.165) is 10.8 Å². The summed E-state index contributed by atoms with van der Waals surface area (Å²) in [6.45, 7) is 1.94. The van der Waals surface area contributed by atoms with Crippen LogP contribution in [0.3, 0.4) is 0 Å². The maximum atomic E-state index is 5.41. The zero-order valence-corrected chi connectivity index (χ0v) is 8.38. The molecule has 0 bridgehead atoms. The summed E-state index contributed by atoms with van der Waals surface area (Å²) in [7, 11) is 0. The van der Waals surface area contributed by atoms with Crippen molar-refractivity contribution in [3.05, 3.63) is 23.2 Å². The monoisotopic (exact) mass is 207 g/mol. The summed E-state index contributed by atoms with van der Waals surface area (Å²) in [4.78, 5) is 4.24. The molecule has 0 amide bonds. The number of rotatable bonds is 2.